The smallest absolute Gasteiger partial charge is 0.249 e. The third-order valence-electron chi connectivity index (χ3n) is 4.81. The van der Waals surface area contributed by atoms with E-state index in [2.05, 4.69) is 22.5 Å². The maximum absolute atomic E-state index is 13.0. The number of nitrogens with one attached hydrogen (secondary N) is 2. The van der Waals surface area contributed by atoms with Gasteiger partial charge in [0.25, 0.3) is 0 Å². The maximum atomic E-state index is 13.0. The molecule has 2 aromatic carbocycles. The first-order valence-corrected chi connectivity index (χ1v) is 10.1. The van der Waals surface area contributed by atoms with Crippen LogP contribution in [-0.4, -0.2) is 27.4 Å². The van der Waals surface area contributed by atoms with Crippen LogP contribution in [-0.2, 0) is 22.6 Å². The van der Waals surface area contributed by atoms with Crippen LogP contribution in [0.4, 0.5) is 5.95 Å². The highest BCUT2D eigenvalue weighted by molar-refractivity contribution is 5.97. The minimum Gasteiger partial charge on any atom is -0.344 e. The number of amides is 2. The molecule has 0 saturated carbocycles. The molecule has 29 heavy (non-hydrogen) atoms. The van der Waals surface area contributed by atoms with Gasteiger partial charge >= 0.3 is 0 Å². The molecule has 1 heterocycles. The van der Waals surface area contributed by atoms with Crippen LogP contribution < -0.4 is 10.6 Å². The van der Waals surface area contributed by atoms with E-state index in [1.54, 1.807) is 0 Å². The van der Waals surface area contributed by atoms with Crippen LogP contribution in [0.2, 0.25) is 0 Å². The zero-order valence-electron chi connectivity index (χ0n) is 17.2. The fourth-order valence-electron chi connectivity index (χ4n) is 3.35. The molecule has 6 heteroatoms. The van der Waals surface area contributed by atoms with Crippen LogP contribution >= 0.6 is 0 Å². The summed E-state index contributed by atoms with van der Waals surface area (Å²) in [5.74, 6) is 0.0286. The maximum Gasteiger partial charge on any atom is 0.249 e. The largest absolute Gasteiger partial charge is 0.344 e. The van der Waals surface area contributed by atoms with Crippen molar-refractivity contribution in [2.75, 3.05) is 5.32 Å². The van der Waals surface area contributed by atoms with Crippen molar-refractivity contribution in [3.05, 3.63) is 60.2 Å². The van der Waals surface area contributed by atoms with Gasteiger partial charge < -0.3 is 9.88 Å². The second-order valence-electron chi connectivity index (χ2n) is 7.52. The van der Waals surface area contributed by atoms with Gasteiger partial charge in [-0.3, -0.25) is 14.9 Å². The molecule has 6 nitrogen and oxygen atoms in total. The van der Waals surface area contributed by atoms with E-state index in [0.29, 0.717) is 5.95 Å². The summed E-state index contributed by atoms with van der Waals surface area (Å²) >= 11 is 0. The Morgan fingerprint density at radius 1 is 1.03 bits per heavy atom. The second kappa shape index (κ2) is 9.37. The monoisotopic (exact) mass is 392 g/mol. The lowest BCUT2D eigenvalue weighted by Gasteiger charge is -2.22. The summed E-state index contributed by atoms with van der Waals surface area (Å²) in [6.45, 7) is 6.67. The van der Waals surface area contributed by atoms with Crippen molar-refractivity contribution in [2.24, 2.45) is 5.92 Å². The zero-order chi connectivity index (χ0) is 20.8. The summed E-state index contributed by atoms with van der Waals surface area (Å²) in [7, 11) is 0. The van der Waals surface area contributed by atoms with Gasteiger partial charge in [0.2, 0.25) is 17.8 Å². The van der Waals surface area contributed by atoms with Gasteiger partial charge in [-0.25, -0.2) is 4.98 Å². The van der Waals surface area contributed by atoms with Gasteiger partial charge in [0, 0.05) is 6.54 Å². The van der Waals surface area contributed by atoms with E-state index in [0.717, 1.165) is 29.6 Å². The fraction of sp³-hybridized carbons (Fsp3) is 0.348. The van der Waals surface area contributed by atoms with E-state index in [9.17, 15) is 9.59 Å². The number of benzene rings is 2. The van der Waals surface area contributed by atoms with Crippen molar-refractivity contribution < 1.29 is 9.59 Å². The highest BCUT2D eigenvalue weighted by Gasteiger charge is 2.26. The van der Waals surface area contributed by atoms with Crippen LogP contribution in [0.15, 0.2) is 54.6 Å². The van der Waals surface area contributed by atoms with Crippen LogP contribution in [0.25, 0.3) is 11.0 Å². The van der Waals surface area contributed by atoms with Gasteiger partial charge in [-0.15, -0.1) is 0 Å². The Kier molecular flexibility index (Phi) is 6.65. The minimum atomic E-state index is -0.638. The molecule has 0 bridgehead atoms. The van der Waals surface area contributed by atoms with Crippen LogP contribution in [0.5, 0.6) is 0 Å². The number of nitrogens with zero attached hydrogens (tertiary/aromatic N) is 2. The number of anilines is 1. The molecule has 0 aliphatic carbocycles. The number of hydrogen-bond donors (Lipinski definition) is 2. The summed E-state index contributed by atoms with van der Waals surface area (Å²) in [4.78, 5) is 30.1. The molecule has 0 spiro atoms. The van der Waals surface area contributed by atoms with Gasteiger partial charge in [0.15, 0.2) is 0 Å². The number of fused-ring (bicyclic) bond motifs is 1. The van der Waals surface area contributed by atoms with Crippen molar-refractivity contribution >= 4 is 28.8 Å². The molecule has 2 N–H and O–H groups in total. The number of para-hydroxylation sites is 2. The lowest BCUT2D eigenvalue weighted by atomic mass is 10.0. The summed E-state index contributed by atoms with van der Waals surface area (Å²) in [5, 5.41) is 5.82. The number of aryl methyl sites for hydroxylation is 1. The number of hydrogen-bond acceptors (Lipinski definition) is 3. The first kappa shape index (κ1) is 20.6. The number of carbonyl (C=O) groups is 2. The standard InChI is InChI=1S/C23H28N4O2/c1-4-14-27-19-13-9-8-12-18(19)24-23(27)26-22(29)21(16(2)3)25-20(28)15-17-10-6-5-7-11-17/h5-13,16,21H,4,14-15H2,1-3H3,(H,25,28)(H,24,26,29)/t21-/m1/s1. The Morgan fingerprint density at radius 3 is 2.41 bits per heavy atom. The molecular formula is C23H28N4O2. The van der Waals surface area contributed by atoms with Crippen molar-refractivity contribution in [1.82, 2.24) is 14.9 Å². The number of imidazole rings is 1. The highest BCUT2D eigenvalue weighted by atomic mass is 16.2. The number of aromatic nitrogens is 2. The molecule has 2 amide bonds. The lowest BCUT2D eigenvalue weighted by Crippen LogP contribution is -2.47. The topological polar surface area (TPSA) is 76.0 Å². The van der Waals surface area contributed by atoms with Crippen LogP contribution in [0.1, 0.15) is 32.8 Å². The van der Waals surface area contributed by atoms with Crippen molar-refractivity contribution in [1.29, 1.82) is 0 Å². The SMILES string of the molecule is CCCn1c(NC(=O)[C@H](NC(=O)Cc2ccccc2)C(C)C)nc2ccccc21. The van der Waals surface area contributed by atoms with Gasteiger partial charge in [-0.1, -0.05) is 63.2 Å². The third kappa shape index (κ3) is 5.02. The van der Waals surface area contributed by atoms with E-state index >= 15 is 0 Å². The lowest BCUT2D eigenvalue weighted by molar-refractivity contribution is -0.127. The highest BCUT2D eigenvalue weighted by Crippen LogP contribution is 2.20. The fourth-order valence-corrected chi connectivity index (χ4v) is 3.35. The number of rotatable bonds is 8. The first-order chi connectivity index (χ1) is 14.0. The summed E-state index contributed by atoms with van der Waals surface area (Å²) in [6, 6.07) is 16.7. The van der Waals surface area contributed by atoms with E-state index < -0.39 is 6.04 Å². The molecule has 3 aromatic rings. The first-order valence-electron chi connectivity index (χ1n) is 10.1. The summed E-state index contributed by atoms with van der Waals surface area (Å²) in [5.41, 5.74) is 2.74. The second-order valence-corrected chi connectivity index (χ2v) is 7.52. The molecule has 0 unspecified atom stereocenters. The Hall–Kier alpha value is -3.15. The van der Waals surface area contributed by atoms with E-state index in [1.165, 1.54) is 0 Å². The van der Waals surface area contributed by atoms with Crippen LogP contribution in [0, 0.1) is 5.92 Å². The van der Waals surface area contributed by atoms with Gasteiger partial charge in [0.05, 0.1) is 17.5 Å². The average Bonchev–Trinajstić information content (AvgIpc) is 3.04. The molecular weight excluding hydrogens is 364 g/mol. The average molecular weight is 393 g/mol. The molecule has 1 aromatic heterocycles. The van der Waals surface area contributed by atoms with Crippen molar-refractivity contribution in [2.45, 2.75) is 46.2 Å². The van der Waals surface area contributed by atoms with E-state index in [-0.39, 0.29) is 24.2 Å². The molecule has 0 aliphatic rings. The van der Waals surface area contributed by atoms with Gasteiger partial charge in [0.1, 0.15) is 6.04 Å². The minimum absolute atomic E-state index is 0.0567. The normalized spacial score (nSPS) is 12.1. The Balaban J connectivity index is 1.75. The van der Waals surface area contributed by atoms with Crippen molar-refractivity contribution in [3.8, 4) is 0 Å². The summed E-state index contributed by atoms with van der Waals surface area (Å²) < 4.78 is 2.01. The van der Waals surface area contributed by atoms with Gasteiger partial charge in [-0.05, 0) is 30.0 Å². The number of carbonyl (C=O) groups excluding carboxylic acids is 2. The Morgan fingerprint density at radius 2 is 1.72 bits per heavy atom. The molecule has 0 saturated heterocycles. The zero-order valence-corrected chi connectivity index (χ0v) is 17.2. The molecule has 0 aliphatic heterocycles. The van der Waals surface area contributed by atoms with E-state index in [4.69, 9.17) is 0 Å². The molecule has 3 rings (SSSR count). The summed E-state index contributed by atoms with van der Waals surface area (Å²) in [6.07, 6.45) is 1.16. The predicted octanol–water partition coefficient (Wildman–Crippen LogP) is 3.77. The van der Waals surface area contributed by atoms with E-state index in [1.807, 2.05) is 73.0 Å². The van der Waals surface area contributed by atoms with Crippen LogP contribution in [0.3, 0.4) is 0 Å². The molecule has 0 radical (unpaired) electrons. The third-order valence-corrected chi connectivity index (χ3v) is 4.81. The molecule has 1 atom stereocenters. The predicted molar refractivity (Wildman–Crippen MR) is 116 cm³/mol. The van der Waals surface area contributed by atoms with Crippen molar-refractivity contribution in [3.63, 3.8) is 0 Å². The Labute approximate surface area is 171 Å². The molecule has 152 valence electrons. The quantitative estimate of drug-likeness (QED) is 0.613. The van der Waals surface area contributed by atoms with Gasteiger partial charge in [-0.2, -0.15) is 0 Å². The molecule has 0 fully saturated rings. The Bertz CT molecular complexity index is 979.